The van der Waals surface area contributed by atoms with Crippen LogP contribution < -0.4 is 0 Å². The minimum atomic E-state index is 0.503. The molecule has 3 saturated carbocycles. The topological polar surface area (TPSA) is 15.8 Å². The Balaban J connectivity index is 1.24. The molecule has 1 nitrogen and oxygen atoms in total. The van der Waals surface area contributed by atoms with Crippen molar-refractivity contribution in [3.8, 4) is 0 Å². The van der Waals surface area contributed by atoms with Gasteiger partial charge in [-0.3, -0.25) is 0 Å². The molecule has 0 bridgehead atoms. The first-order chi connectivity index (χ1) is 16.3. The van der Waals surface area contributed by atoms with E-state index in [1.807, 2.05) is 0 Å². The number of hydrogen-bond acceptors (Lipinski definition) is 0. The van der Waals surface area contributed by atoms with Gasteiger partial charge in [0.2, 0.25) is 0 Å². The highest BCUT2D eigenvalue weighted by Crippen LogP contribution is 2.68. The smallest absolute Gasteiger partial charge is 0.0458 e. The summed E-state index contributed by atoms with van der Waals surface area (Å²) in [5.41, 5.74) is 5.73. The molecule has 1 unspecified atom stereocenters. The van der Waals surface area contributed by atoms with Crippen molar-refractivity contribution in [3.05, 3.63) is 35.5 Å². The van der Waals surface area contributed by atoms with Crippen LogP contribution in [0.15, 0.2) is 24.3 Å². The van der Waals surface area contributed by atoms with Gasteiger partial charge in [0.15, 0.2) is 0 Å². The normalized spacial score (nSPS) is 40.0. The molecule has 3 fully saturated rings. The lowest BCUT2D eigenvalue weighted by atomic mass is 9.44. The Morgan fingerprint density at radius 3 is 2.53 bits per heavy atom. The Labute approximate surface area is 208 Å². The van der Waals surface area contributed by atoms with Gasteiger partial charge in [-0.25, -0.2) is 0 Å². The highest BCUT2D eigenvalue weighted by molar-refractivity contribution is 5.85. The molecule has 186 valence electrons. The van der Waals surface area contributed by atoms with Gasteiger partial charge in [-0.15, -0.1) is 0 Å². The monoisotopic (exact) mass is 459 g/mol. The standard InChI is InChI=1S/C33H49N/c1-21(2)9-8-10-22(3)27-15-16-28-25-14-13-23-19-31-26(24-11-6-7-12-30(24)34-31)20-33(23,5)29(25)17-18-32(27,28)4/h6-7,11-12,21-23,25,27-29,34H,8-10,13-20H2,1-5H3/t22-,23+,25+,27?,28+,29+,32-,33+/m1/s1. The molecule has 4 aliphatic carbocycles. The van der Waals surface area contributed by atoms with Gasteiger partial charge in [-0.05, 0) is 115 Å². The summed E-state index contributed by atoms with van der Waals surface area (Å²) in [6.07, 6.45) is 15.9. The Morgan fingerprint density at radius 2 is 1.71 bits per heavy atom. The Morgan fingerprint density at radius 1 is 0.912 bits per heavy atom. The molecule has 1 aromatic heterocycles. The van der Waals surface area contributed by atoms with Gasteiger partial charge >= 0.3 is 0 Å². The fraction of sp³-hybridized carbons (Fsp3) is 0.758. The molecule has 0 amide bonds. The van der Waals surface area contributed by atoms with Crippen LogP contribution in [0.5, 0.6) is 0 Å². The summed E-state index contributed by atoms with van der Waals surface area (Å²) in [5, 5.41) is 1.51. The second kappa shape index (κ2) is 8.41. The number of para-hydroxylation sites is 1. The molecule has 1 heterocycles. The summed E-state index contributed by atoms with van der Waals surface area (Å²) in [4.78, 5) is 3.82. The van der Waals surface area contributed by atoms with Crippen molar-refractivity contribution < 1.29 is 0 Å². The van der Waals surface area contributed by atoms with E-state index in [4.69, 9.17) is 0 Å². The second-order valence-corrected chi connectivity index (χ2v) is 14.2. The molecule has 1 heteroatoms. The number of H-pyrrole nitrogens is 1. The van der Waals surface area contributed by atoms with Crippen LogP contribution in [0.1, 0.15) is 104 Å². The van der Waals surface area contributed by atoms with Crippen LogP contribution in [0, 0.1) is 52.3 Å². The third-order valence-electron chi connectivity index (χ3n) is 12.2. The van der Waals surface area contributed by atoms with Crippen LogP contribution in [-0.2, 0) is 12.8 Å². The molecule has 6 rings (SSSR count). The predicted molar refractivity (Wildman–Crippen MR) is 145 cm³/mol. The maximum Gasteiger partial charge on any atom is 0.0458 e. The second-order valence-electron chi connectivity index (χ2n) is 14.2. The number of hydrogen-bond donors (Lipinski definition) is 1. The number of nitrogens with one attached hydrogen (secondary N) is 1. The first kappa shape index (κ1) is 23.2. The highest BCUT2D eigenvalue weighted by atomic mass is 14.8. The lowest BCUT2D eigenvalue weighted by Crippen LogP contribution is -2.54. The molecule has 0 aliphatic heterocycles. The molecule has 4 aliphatic rings. The first-order valence-corrected chi connectivity index (χ1v) is 14.9. The van der Waals surface area contributed by atoms with Gasteiger partial charge < -0.3 is 4.98 Å². The number of benzene rings is 1. The largest absolute Gasteiger partial charge is 0.358 e. The molecule has 0 spiro atoms. The molecule has 0 saturated heterocycles. The third-order valence-corrected chi connectivity index (χ3v) is 12.2. The summed E-state index contributed by atoms with van der Waals surface area (Å²) in [6, 6.07) is 9.09. The van der Waals surface area contributed by atoms with E-state index in [0.717, 1.165) is 41.4 Å². The summed E-state index contributed by atoms with van der Waals surface area (Å²) in [7, 11) is 0. The van der Waals surface area contributed by atoms with Gasteiger partial charge in [-0.2, -0.15) is 0 Å². The molecular formula is C33H49N. The van der Waals surface area contributed by atoms with Crippen LogP contribution in [0.3, 0.4) is 0 Å². The summed E-state index contributed by atoms with van der Waals surface area (Å²) in [6.45, 7) is 12.9. The third kappa shape index (κ3) is 3.46. The predicted octanol–water partition coefficient (Wildman–Crippen LogP) is 9.20. The summed E-state index contributed by atoms with van der Waals surface area (Å²) < 4.78 is 0. The van der Waals surface area contributed by atoms with E-state index in [1.165, 1.54) is 81.5 Å². The van der Waals surface area contributed by atoms with E-state index >= 15 is 0 Å². The number of fused-ring (bicyclic) bond motifs is 8. The van der Waals surface area contributed by atoms with Crippen molar-refractivity contribution in [1.29, 1.82) is 0 Å². The van der Waals surface area contributed by atoms with E-state index in [9.17, 15) is 0 Å². The summed E-state index contributed by atoms with van der Waals surface area (Å²) in [5.74, 6) is 6.56. The zero-order valence-corrected chi connectivity index (χ0v) is 22.6. The number of aromatic nitrogens is 1. The van der Waals surface area contributed by atoms with Crippen molar-refractivity contribution in [2.24, 2.45) is 52.3 Å². The fourth-order valence-electron chi connectivity index (χ4n) is 10.4. The Kier molecular flexibility index (Phi) is 5.74. The van der Waals surface area contributed by atoms with E-state index in [2.05, 4.69) is 63.9 Å². The maximum absolute atomic E-state index is 3.82. The van der Waals surface area contributed by atoms with E-state index in [0.29, 0.717) is 10.8 Å². The quantitative estimate of drug-likeness (QED) is 0.458. The van der Waals surface area contributed by atoms with Crippen LogP contribution in [-0.4, -0.2) is 4.98 Å². The molecule has 1 aromatic carbocycles. The van der Waals surface area contributed by atoms with Gasteiger partial charge in [0.05, 0.1) is 0 Å². The van der Waals surface area contributed by atoms with Gasteiger partial charge in [-0.1, -0.05) is 72.1 Å². The zero-order valence-electron chi connectivity index (χ0n) is 22.6. The fourth-order valence-corrected chi connectivity index (χ4v) is 10.4. The SMILES string of the molecule is CC(C)CCC[C@@H](C)C1CC[C@H]2[C@@H]3CC[C@H]4Cc5[nH]c6ccccc6c5C[C@]4(C)[C@H]3CC[C@]12C. The lowest BCUT2D eigenvalue weighted by Gasteiger charge is -2.60. The van der Waals surface area contributed by atoms with Crippen molar-refractivity contribution >= 4 is 10.9 Å². The van der Waals surface area contributed by atoms with Crippen molar-refractivity contribution in [2.45, 2.75) is 105 Å². The number of rotatable bonds is 5. The molecule has 0 radical (unpaired) electrons. The van der Waals surface area contributed by atoms with E-state index in [-0.39, 0.29) is 0 Å². The minimum absolute atomic E-state index is 0.503. The zero-order chi connectivity index (χ0) is 23.7. The molecular weight excluding hydrogens is 410 g/mol. The average molecular weight is 460 g/mol. The van der Waals surface area contributed by atoms with Gasteiger partial charge in [0, 0.05) is 16.6 Å². The van der Waals surface area contributed by atoms with Crippen LogP contribution in [0.2, 0.25) is 0 Å². The van der Waals surface area contributed by atoms with Crippen molar-refractivity contribution in [2.75, 3.05) is 0 Å². The highest BCUT2D eigenvalue weighted by Gasteiger charge is 2.60. The van der Waals surface area contributed by atoms with Gasteiger partial charge in [0.25, 0.3) is 0 Å². The average Bonchev–Trinajstić information content (AvgIpc) is 3.34. The maximum atomic E-state index is 3.82. The van der Waals surface area contributed by atoms with E-state index in [1.54, 1.807) is 11.3 Å². The number of aromatic amines is 1. The molecule has 34 heavy (non-hydrogen) atoms. The van der Waals surface area contributed by atoms with E-state index < -0.39 is 0 Å². The van der Waals surface area contributed by atoms with Crippen LogP contribution >= 0.6 is 0 Å². The van der Waals surface area contributed by atoms with Crippen LogP contribution in [0.4, 0.5) is 0 Å². The minimum Gasteiger partial charge on any atom is -0.358 e. The van der Waals surface area contributed by atoms with Crippen molar-refractivity contribution in [3.63, 3.8) is 0 Å². The molecule has 1 N–H and O–H groups in total. The Bertz CT molecular complexity index is 1030. The van der Waals surface area contributed by atoms with Crippen molar-refractivity contribution in [1.82, 2.24) is 4.98 Å². The molecule has 2 aromatic rings. The first-order valence-electron chi connectivity index (χ1n) is 14.9. The Hall–Kier alpha value is -1.24. The summed E-state index contributed by atoms with van der Waals surface area (Å²) >= 11 is 0. The van der Waals surface area contributed by atoms with Gasteiger partial charge in [0.1, 0.15) is 0 Å². The molecule has 8 atom stereocenters. The van der Waals surface area contributed by atoms with Crippen LogP contribution in [0.25, 0.3) is 10.9 Å². The lowest BCUT2D eigenvalue weighted by molar-refractivity contribution is -0.103.